The molecule has 6 nitrogen and oxygen atoms in total. The number of nitrogens with zero attached hydrogens (tertiary/aromatic N) is 2. The van der Waals surface area contributed by atoms with Gasteiger partial charge in [-0.05, 0) is 50.0 Å². The second-order valence-corrected chi connectivity index (χ2v) is 10.1. The average molecular weight is 451 g/mol. The molecule has 4 rings (SSSR count). The monoisotopic (exact) mass is 450 g/mol. The van der Waals surface area contributed by atoms with E-state index in [0.29, 0.717) is 15.8 Å². The zero-order valence-electron chi connectivity index (χ0n) is 16.1. The van der Waals surface area contributed by atoms with E-state index >= 15 is 0 Å². The third-order valence-electron chi connectivity index (χ3n) is 5.19. The van der Waals surface area contributed by atoms with Crippen LogP contribution in [0.2, 0.25) is 5.02 Å². The summed E-state index contributed by atoms with van der Waals surface area (Å²) in [4.78, 5) is 32.7. The highest BCUT2D eigenvalue weighted by Crippen LogP contribution is 2.38. The molecule has 1 unspecified atom stereocenters. The standard InChI is InChI=1S/C20H23ClN4O2S2/c1-12-4-6-25(7-5-12)10-14-11-28-20(22-14)24-18(26)9-17-19(27)23-15-8-13(21)2-3-16(15)29-17/h2-3,8,11-12,17H,4-7,9-10H2,1H3,(H,23,27)(H,22,24,26). The van der Waals surface area contributed by atoms with Crippen LogP contribution >= 0.6 is 34.7 Å². The minimum atomic E-state index is -0.474. The van der Waals surface area contributed by atoms with E-state index in [2.05, 4.69) is 27.4 Å². The van der Waals surface area contributed by atoms with Gasteiger partial charge >= 0.3 is 0 Å². The van der Waals surface area contributed by atoms with E-state index in [1.807, 2.05) is 11.4 Å². The van der Waals surface area contributed by atoms with E-state index in [-0.39, 0.29) is 18.2 Å². The molecule has 0 saturated carbocycles. The molecule has 3 heterocycles. The van der Waals surface area contributed by atoms with Crippen molar-refractivity contribution in [2.75, 3.05) is 23.7 Å². The molecule has 1 fully saturated rings. The van der Waals surface area contributed by atoms with Gasteiger partial charge in [0.15, 0.2) is 5.13 Å². The minimum Gasteiger partial charge on any atom is -0.324 e. The molecule has 0 spiro atoms. The van der Waals surface area contributed by atoms with Crippen LogP contribution in [-0.2, 0) is 16.1 Å². The fourth-order valence-corrected chi connectivity index (χ4v) is 5.46. The highest BCUT2D eigenvalue weighted by molar-refractivity contribution is 8.01. The second-order valence-electron chi connectivity index (χ2n) is 7.59. The van der Waals surface area contributed by atoms with E-state index < -0.39 is 5.25 Å². The molecule has 2 aliphatic heterocycles. The number of halogens is 1. The lowest BCUT2D eigenvalue weighted by atomic mass is 9.99. The summed E-state index contributed by atoms with van der Waals surface area (Å²) in [6, 6.07) is 5.36. The van der Waals surface area contributed by atoms with Gasteiger partial charge in [-0.1, -0.05) is 18.5 Å². The van der Waals surface area contributed by atoms with Crippen LogP contribution < -0.4 is 10.6 Å². The number of rotatable bonds is 5. The number of amides is 2. The van der Waals surface area contributed by atoms with Crippen molar-refractivity contribution in [1.82, 2.24) is 9.88 Å². The lowest BCUT2D eigenvalue weighted by molar-refractivity contribution is -0.120. The molecule has 1 aromatic heterocycles. The van der Waals surface area contributed by atoms with E-state index in [0.717, 1.165) is 36.1 Å². The number of thioether (sulfide) groups is 1. The molecule has 29 heavy (non-hydrogen) atoms. The van der Waals surface area contributed by atoms with Crippen molar-refractivity contribution in [3.8, 4) is 0 Å². The summed E-state index contributed by atoms with van der Waals surface area (Å²) in [5.74, 6) is 0.414. The number of piperidine rings is 1. The van der Waals surface area contributed by atoms with Gasteiger partial charge in [0.25, 0.3) is 0 Å². The van der Waals surface area contributed by atoms with E-state index in [1.165, 1.54) is 35.9 Å². The predicted octanol–water partition coefficient (Wildman–Crippen LogP) is 4.47. The molecule has 2 aromatic rings. The zero-order valence-corrected chi connectivity index (χ0v) is 18.5. The van der Waals surface area contributed by atoms with Gasteiger partial charge in [-0.2, -0.15) is 0 Å². The van der Waals surface area contributed by atoms with Gasteiger partial charge in [0.1, 0.15) is 0 Å². The van der Waals surface area contributed by atoms with Crippen LogP contribution in [0.5, 0.6) is 0 Å². The fraction of sp³-hybridized carbons (Fsp3) is 0.450. The Kier molecular flexibility index (Phi) is 6.44. The topological polar surface area (TPSA) is 74.3 Å². The van der Waals surface area contributed by atoms with Crippen molar-refractivity contribution in [2.24, 2.45) is 5.92 Å². The molecule has 154 valence electrons. The Bertz CT molecular complexity index is 912. The summed E-state index contributed by atoms with van der Waals surface area (Å²) in [6.45, 7) is 5.31. The van der Waals surface area contributed by atoms with Gasteiger partial charge in [0.05, 0.1) is 16.6 Å². The van der Waals surface area contributed by atoms with Gasteiger partial charge < -0.3 is 10.6 Å². The molecule has 1 atom stereocenters. The van der Waals surface area contributed by atoms with Crippen molar-refractivity contribution in [2.45, 2.75) is 42.9 Å². The number of nitrogens with one attached hydrogen (secondary N) is 2. The Labute approximate surface area is 183 Å². The largest absolute Gasteiger partial charge is 0.324 e. The number of hydrogen-bond donors (Lipinski definition) is 2. The number of benzene rings is 1. The first-order valence-corrected chi connectivity index (χ1v) is 11.8. The molecule has 0 radical (unpaired) electrons. The first kappa shape index (κ1) is 20.7. The highest BCUT2D eigenvalue weighted by atomic mass is 35.5. The van der Waals surface area contributed by atoms with Gasteiger partial charge in [-0.25, -0.2) is 4.98 Å². The van der Waals surface area contributed by atoms with Crippen molar-refractivity contribution < 1.29 is 9.59 Å². The minimum absolute atomic E-state index is 0.0947. The lowest BCUT2D eigenvalue weighted by Gasteiger charge is -2.29. The van der Waals surface area contributed by atoms with E-state index in [9.17, 15) is 9.59 Å². The molecular weight excluding hydrogens is 428 g/mol. The number of likely N-dealkylation sites (tertiary alicyclic amines) is 1. The van der Waals surface area contributed by atoms with Gasteiger partial charge in [-0.3, -0.25) is 14.5 Å². The summed E-state index contributed by atoms with van der Waals surface area (Å²) in [6.07, 6.45) is 2.55. The van der Waals surface area contributed by atoms with Gasteiger partial charge in [0.2, 0.25) is 11.8 Å². The van der Waals surface area contributed by atoms with Crippen LogP contribution in [0.3, 0.4) is 0 Å². The molecule has 2 amide bonds. The fourth-order valence-electron chi connectivity index (χ4n) is 3.48. The highest BCUT2D eigenvalue weighted by Gasteiger charge is 2.29. The smallest absolute Gasteiger partial charge is 0.238 e. The number of anilines is 2. The number of carbonyl (C=O) groups excluding carboxylic acids is 2. The quantitative estimate of drug-likeness (QED) is 0.702. The Morgan fingerprint density at radius 1 is 1.38 bits per heavy atom. The number of thiazole rings is 1. The third-order valence-corrected chi connectivity index (χ3v) is 7.51. The maximum atomic E-state index is 12.5. The summed E-state index contributed by atoms with van der Waals surface area (Å²) in [5.41, 5.74) is 1.68. The SMILES string of the molecule is CC1CCN(Cc2csc(NC(=O)CC3Sc4ccc(Cl)cc4NC3=O)n2)CC1. The molecule has 2 aliphatic rings. The predicted molar refractivity (Wildman–Crippen MR) is 119 cm³/mol. The second kappa shape index (κ2) is 9.04. The van der Waals surface area contributed by atoms with Crippen LogP contribution in [0, 0.1) is 5.92 Å². The maximum Gasteiger partial charge on any atom is 0.238 e. The van der Waals surface area contributed by atoms with Crippen LogP contribution in [0.15, 0.2) is 28.5 Å². The average Bonchev–Trinajstić information content (AvgIpc) is 3.11. The van der Waals surface area contributed by atoms with Crippen LogP contribution in [0.1, 0.15) is 31.9 Å². The van der Waals surface area contributed by atoms with Crippen molar-refractivity contribution in [1.29, 1.82) is 0 Å². The van der Waals surface area contributed by atoms with Crippen molar-refractivity contribution >= 4 is 57.3 Å². The van der Waals surface area contributed by atoms with E-state index in [4.69, 9.17) is 11.6 Å². The summed E-state index contributed by atoms with van der Waals surface area (Å²) < 4.78 is 0. The number of aromatic nitrogens is 1. The first-order valence-electron chi connectivity index (χ1n) is 9.70. The molecule has 9 heteroatoms. The Hall–Kier alpha value is -1.61. The molecule has 2 N–H and O–H groups in total. The van der Waals surface area contributed by atoms with Crippen LogP contribution in [0.25, 0.3) is 0 Å². The molecule has 1 aromatic carbocycles. The molecule has 0 bridgehead atoms. The molecule has 0 aliphatic carbocycles. The van der Waals surface area contributed by atoms with Crippen molar-refractivity contribution in [3.05, 3.63) is 34.3 Å². The normalized spacial score (nSPS) is 20.2. The lowest BCUT2D eigenvalue weighted by Crippen LogP contribution is -2.32. The number of carbonyl (C=O) groups is 2. The number of fused-ring (bicyclic) bond motifs is 1. The number of hydrogen-bond acceptors (Lipinski definition) is 6. The molecular formula is C20H23ClN4O2S2. The van der Waals surface area contributed by atoms with Crippen LogP contribution in [0.4, 0.5) is 10.8 Å². The first-order chi connectivity index (χ1) is 14.0. The van der Waals surface area contributed by atoms with Gasteiger partial charge in [0, 0.05) is 28.3 Å². The van der Waals surface area contributed by atoms with Crippen LogP contribution in [-0.4, -0.2) is 40.0 Å². The molecule has 1 saturated heterocycles. The Balaban J connectivity index is 1.30. The summed E-state index contributed by atoms with van der Waals surface area (Å²) in [7, 11) is 0. The van der Waals surface area contributed by atoms with E-state index in [1.54, 1.807) is 12.1 Å². The summed E-state index contributed by atoms with van der Waals surface area (Å²) in [5, 5.41) is 8.35. The van der Waals surface area contributed by atoms with Crippen molar-refractivity contribution in [3.63, 3.8) is 0 Å². The maximum absolute atomic E-state index is 12.5. The summed E-state index contributed by atoms with van der Waals surface area (Å²) >= 11 is 8.79. The Morgan fingerprint density at radius 3 is 2.97 bits per heavy atom. The third kappa shape index (κ3) is 5.31. The van der Waals surface area contributed by atoms with Gasteiger partial charge in [-0.15, -0.1) is 23.1 Å². The zero-order chi connectivity index (χ0) is 20.4. The Morgan fingerprint density at radius 2 is 2.17 bits per heavy atom.